The SMILES string of the molecule is Cn1c(NCCNCCCOc2ccccc2)cc(=O)n(C)c1=O. The van der Waals surface area contributed by atoms with Gasteiger partial charge in [-0.3, -0.25) is 13.9 Å². The van der Waals surface area contributed by atoms with E-state index in [0.29, 0.717) is 19.0 Å². The van der Waals surface area contributed by atoms with E-state index in [1.54, 1.807) is 7.05 Å². The van der Waals surface area contributed by atoms with Gasteiger partial charge in [-0.2, -0.15) is 0 Å². The van der Waals surface area contributed by atoms with E-state index in [-0.39, 0.29) is 11.2 Å². The highest BCUT2D eigenvalue weighted by molar-refractivity contribution is 5.33. The molecule has 130 valence electrons. The van der Waals surface area contributed by atoms with Crippen molar-refractivity contribution in [2.75, 3.05) is 31.6 Å². The molecule has 0 fully saturated rings. The lowest BCUT2D eigenvalue weighted by atomic mass is 10.3. The predicted octanol–water partition coefficient (Wildman–Crippen LogP) is 0.555. The van der Waals surface area contributed by atoms with Crippen LogP contribution >= 0.6 is 0 Å². The Bertz CT molecular complexity index is 753. The Morgan fingerprint density at radius 3 is 2.50 bits per heavy atom. The zero-order chi connectivity index (χ0) is 17.4. The fraction of sp³-hybridized carbons (Fsp3) is 0.412. The first-order chi connectivity index (χ1) is 11.6. The largest absolute Gasteiger partial charge is 0.494 e. The Balaban J connectivity index is 1.62. The summed E-state index contributed by atoms with van der Waals surface area (Å²) in [7, 11) is 3.10. The molecule has 0 amide bonds. The maximum absolute atomic E-state index is 11.8. The average Bonchev–Trinajstić information content (AvgIpc) is 2.60. The Labute approximate surface area is 140 Å². The maximum Gasteiger partial charge on any atom is 0.332 e. The fourth-order valence-electron chi connectivity index (χ4n) is 2.21. The molecule has 0 aliphatic heterocycles. The minimum atomic E-state index is -0.337. The number of nitrogens with zero attached hydrogens (tertiary/aromatic N) is 2. The molecule has 7 nitrogen and oxygen atoms in total. The number of nitrogens with one attached hydrogen (secondary N) is 2. The van der Waals surface area contributed by atoms with Gasteiger partial charge < -0.3 is 15.4 Å². The van der Waals surface area contributed by atoms with E-state index in [9.17, 15) is 9.59 Å². The van der Waals surface area contributed by atoms with E-state index in [1.165, 1.54) is 17.7 Å². The van der Waals surface area contributed by atoms with Crippen LogP contribution in [0.15, 0.2) is 46.0 Å². The van der Waals surface area contributed by atoms with Crippen LogP contribution in [0.25, 0.3) is 0 Å². The summed E-state index contributed by atoms with van der Waals surface area (Å²) in [6, 6.07) is 11.2. The maximum atomic E-state index is 11.8. The lowest BCUT2D eigenvalue weighted by Gasteiger charge is -2.12. The highest BCUT2D eigenvalue weighted by Crippen LogP contribution is 2.07. The fourth-order valence-corrected chi connectivity index (χ4v) is 2.21. The number of hydrogen-bond acceptors (Lipinski definition) is 5. The Hall–Kier alpha value is -2.54. The topological polar surface area (TPSA) is 77.3 Å². The minimum absolute atomic E-state index is 0.313. The van der Waals surface area contributed by atoms with Gasteiger partial charge in [0.25, 0.3) is 5.56 Å². The van der Waals surface area contributed by atoms with Crippen molar-refractivity contribution in [2.24, 2.45) is 14.1 Å². The van der Waals surface area contributed by atoms with Crippen molar-refractivity contribution >= 4 is 5.82 Å². The molecular formula is C17H24N4O3. The van der Waals surface area contributed by atoms with Gasteiger partial charge in [0.05, 0.1) is 6.61 Å². The van der Waals surface area contributed by atoms with Gasteiger partial charge in [0, 0.05) is 33.3 Å². The Morgan fingerprint density at radius 2 is 1.75 bits per heavy atom. The quantitative estimate of drug-likeness (QED) is 0.656. The van der Waals surface area contributed by atoms with E-state index >= 15 is 0 Å². The van der Waals surface area contributed by atoms with Gasteiger partial charge >= 0.3 is 5.69 Å². The number of aromatic nitrogens is 2. The molecule has 0 aliphatic carbocycles. The molecule has 2 N–H and O–H groups in total. The van der Waals surface area contributed by atoms with Crippen molar-refractivity contribution in [3.63, 3.8) is 0 Å². The summed E-state index contributed by atoms with van der Waals surface area (Å²) in [6.45, 7) is 2.85. The molecule has 0 aliphatic rings. The molecule has 0 spiro atoms. The van der Waals surface area contributed by atoms with Crippen molar-refractivity contribution < 1.29 is 4.74 Å². The summed E-state index contributed by atoms with van der Waals surface area (Å²) in [5, 5.41) is 6.38. The molecule has 0 saturated heterocycles. The molecule has 0 unspecified atom stereocenters. The molecule has 24 heavy (non-hydrogen) atoms. The van der Waals surface area contributed by atoms with Gasteiger partial charge in [0.15, 0.2) is 0 Å². The van der Waals surface area contributed by atoms with Crippen molar-refractivity contribution in [2.45, 2.75) is 6.42 Å². The van der Waals surface area contributed by atoms with Crippen molar-refractivity contribution in [3.8, 4) is 5.75 Å². The van der Waals surface area contributed by atoms with Crippen LogP contribution in [0.3, 0.4) is 0 Å². The molecule has 1 heterocycles. The number of ether oxygens (including phenoxy) is 1. The second kappa shape index (κ2) is 8.93. The number of anilines is 1. The van der Waals surface area contributed by atoms with Gasteiger partial charge in [-0.05, 0) is 25.1 Å². The molecule has 0 bridgehead atoms. The minimum Gasteiger partial charge on any atom is -0.494 e. The summed E-state index contributed by atoms with van der Waals surface area (Å²) < 4.78 is 8.11. The zero-order valence-corrected chi connectivity index (χ0v) is 14.1. The lowest BCUT2D eigenvalue weighted by molar-refractivity contribution is 0.308. The van der Waals surface area contributed by atoms with Crippen LogP contribution in [0.1, 0.15) is 6.42 Å². The molecule has 1 aromatic carbocycles. The smallest absolute Gasteiger partial charge is 0.332 e. The molecule has 0 saturated carbocycles. The predicted molar refractivity (Wildman–Crippen MR) is 94.8 cm³/mol. The number of benzene rings is 1. The van der Waals surface area contributed by atoms with Gasteiger partial charge in [0.1, 0.15) is 11.6 Å². The van der Waals surface area contributed by atoms with Gasteiger partial charge in [-0.25, -0.2) is 4.79 Å². The molecular weight excluding hydrogens is 308 g/mol. The van der Waals surface area contributed by atoms with E-state index in [1.807, 2.05) is 30.3 Å². The summed E-state index contributed by atoms with van der Waals surface area (Å²) in [6.07, 6.45) is 0.902. The summed E-state index contributed by atoms with van der Waals surface area (Å²) in [5.74, 6) is 1.41. The molecule has 0 radical (unpaired) electrons. The van der Waals surface area contributed by atoms with Crippen LogP contribution in [0, 0.1) is 0 Å². The van der Waals surface area contributed by atoms with Crippen LogP contribution in [0.5, 0.6) is 5.75 Å². The molecule has 2 aromatic rings. The highest BCUT2D eigenvalue weighted by Gasteiger charge is 2.04. The Morgan fingerprint density at radius 1 is 1.00 bits per heavy atom. The number of para-hydroxylation sites is 1. The second-order valence-electron chi connectivity index (χ2n) is 5.46. The van der Waals surface area contributed by atoms with E-state index in [0.717, 1.165) is 29.8 Å². The third kappa shape index (κ3) is 4.99. The monoisotopic (exact) mass is 332 g/mol. The normalized spacial score (nSPS) is 10.6. The third-order valence-corrected chi connectivity index (χ3v) is 3.64. The molecule has 7 heteroatoms. The average molecular weight is 332 g/mol. The standard InChI is InChI=1S/C17H24N4O3/c1-20-15(13-16(22)21(2)17(20)23)19-11-10-18-9-6-12-24-14-7-4-3-5-8-14/h3-5,7-8,13,18-19H,6,9-12H2,1-2H3. The number of rotatable bonds is 9. The Kier molecular flexibility index (Phi) is 6.62. The first-order valence-corrected chi connectivity index (χ1v) is 7.99. The van der Waals surface area contributed by atoms with Crippen LogP contribution in [0.4, 0.5) is 5.82 Å². The van der Waals surface area contributed by atoms with E-state index in [2.05, 4.69) is 10.6 Å². The van der Waals surface area contributed by atoms with Crippen LogP contribution in [0.2, 0.25) is 0 Å². The van der Waals surface area contributed by atoms with Crippen LogP contribution in [-0.2, 0) is 14.1 Å². The molecule has 0 atom stereocenters. The summed E-state index contributed by atoms with van der Waals surface area (Å²) in [5.41, 5.74) is -0.650. The van der Waals surface area contributed by atoms with E-state index in [4.69, 9.17) is 4.74 Å². The van der Waals surface area contributed by atoms with Crippen LogP contribution < -0.4 is 26.6 Å². The van der Waals surface area contributed by atoms with E-state index < -0.39 is 0 Å². The van der Waals surface area contributed by atoms with Gasteiger partial charge in [-0.1, -0.05) is 18.2 Å². The number of hydrogen-bond donors (Lipinski definition) is 2. The lowest BCUT2D eigenvalue weighted by Crippen LogP contribution is -2.38. The second-order valence-corrected chi connectivity index (χ2v) is 5.46. The zero-order valence-electron chi connectivity index (χ0n) is 14.1. The van der Waals surface area contributed by atoms with Crippen molar-refractivity contribution in [1.82, 2.24) is 14.5 Å². The first-order valence-electron chi connectivity index (χ1n) is 7.99. The van der Waals surface area contributed by atoms with Gasteiger partial charge in [0.2, 0.25) is 0 Å². The molecule has 2 rings (SSSR count). The van der Waals surface area contributed by atoms with Crippen molar-refractivity contribution in [3.05, 3.63) is 57.2 Å². The molecule has 1 aromatic heterocycles. The first kappa shape index (κ1) is 17.8. The van der Waals surface area contributed by atoms with Crippen LogP contribution in [-0.4, -0.2) is 35.4 Å². The summed E-state index contributed by atoms with van der Waals surface area (Å²) >= 11 is 0. The summed E-state index contributed by atoms with van der Waals surface area (Å²) in [4.78, 5) is 23.4. The van der Waals surface area contributed by atoms with Gasteiger partial charge in [-0.15, -0.1) is 0 Å². The van der Waals surface area contributed by atoms with Crippen molar-refractivity contribution in [1.29, 1.82) is 0 Å². The highest BCUT2D eigenvalue weighted by atomic mass is 16.5. The third-order valence-electron chi connectivity index (χ3n) is 3.64.